The van der Waals surface area contributed by atoms with Gasteiger partial charge in [-0.25, -0.2) is 0 Å². The van der Waals surface area contributed by atoms with Gasteiger partial charge in [0.15, 0.2) is 11.7 Å². The largest absolute Gasteiger partial charge is 0.482 e. The highest BCUT2D eigenvalue weighted by atomic mass is 35.5. The average Bonchev–Trinajstić information content (AvgIpc) is 2.74. The molecule has 0 spiro atoms. The second-order valence-corrected chi connectivity index (χ2v) is 7.52. The Hall–Kier alpha value is -3.13. The van der Waals surface area contributed by atoms with E-state index >= 15 is 0 Å². The molecule has 0 aliphatic carbocycles. The first-order valence-corrected chi connectivity index (χ1v) is 10.2. The number of halogens is 2. The molecule has 3 N–H and O–H groups in total. The number of hydrogen-bond acceptors (Lipinski definition) is 4. The Morgan fingerprint density at radius 3 is 2.23 bits per heavy atom. The molecule has 9 heteroatoms. The molecule has 3 rings (SSSR count). The van der Waals surface area contributed by atoms with Crippen LogP contribution in [0.5, 0.6) is 5.75 Å². The first-order chi connectivity index (χ1) is 14.9. The molecule has 158 valence electrons. The Labute approximate surface area is 194 Å². The topological polar surface area (TPSA) is 79.5 Å². The molecule has 0 radical (unpaired) electrons. The van der Waals surface area contributed by atoms with Gasteiger partial charge in [0.2, 0.25) is 0 Å². The van der Waals surface area contributed by atoms with E-state index in [2.05, 4.69) is 16.0 Å². The molecule has 0 saturated heterocycles. The van der Waals surface area contributed by atoms with Gasteiger partial charge >= 0.3 is 0 Å². The number of benzene rings is 3. The number of carbonyl (C=O) groups is 2. The Morgan fingerprint density at radius 1 is 0.871 bits per heavy atom. The predicted molar refractivity (Wildman–Crippen MR) is 127 cm³/mol. The quantitative estimate of drug-likeness (QED) is 0.432. The van der Waals surface area contributed by atoms with Crippen molar-refractivity contribution in [3.63, 3.8) is 0 Å². The smallest absolute Gasteiger partial charge is 0.264 e. The number of nitrogens with one attached hydrogen (secondary N) is 3. The van der Waals surface area contributed by atoms with Crippen molar-refractivity contribution in [2.75, 3.05) is 17.2 Å². The number of thiocarbonyl (C=S) groups is 1. The van der Waals surface area contributed by atoms with E-state index in [9.17, 15) is 9.59 Å². The molecule has 0 bridgehead atoms. The van der Waals surface area contributed by atoms with E-state index in [-0.39, 0.29) is 17.6 Å². The Kier molecular flexibility index (Phi) is 7.83. The summed E-state index contributed by atoms with van der Waals surface area (Å²) in [6, 6.07) is 20.4. The summed E-state index contributed by atoms with van der Waals surface area (Å²) >= 11 is 17.0. The molecule has 3 aromatic carbocycles. The number of anilines is 2. The maximum absolute atomic E-state index is 12.3. The molecule has 0 aliphatic rings. The molecule has 0 heterocycles. The van der Waals surface area contributed by atoms with Gasteiger partial charge in [-0.15, -0.1) is 0 Å². The van der Waals surface area contributed by atoms with Crippen LogP contribution in [-0.2, 0) is 4.79 Å². The predicted octanol–water partition coefficient (Wildman–Crippen LogP) is 5.14. The lowest BCUT2D eigenvalue weighted by Crippen LogP contribution is -2.37. The monoisotopic (exact) mass is 473 g/mol. The van der Waals surface area contributed by atoms with E-state index in [1.807, 2.05) is 0 Å². The molecule has 0 saturated carbocycles. The molecule has 0 fully saturated rings. The summed E-state index contributed by atoms with van der Waals surface area (Å²) < 4.78 is 5.37. The summed E-state index contributed by atoms with van der Waals surface area (Å²) in [5, 5.41) is 9.21. The van der Waals surface area contributed by atoms with E-state index in [1.54, 1.807) is 72.8 Å². The lowest BCUT2D eigenvalue weighted by Gasteiger charge is -2.12. The molecular formula is C22H17Cl2N3O3S. The van der Waals surface area contributed by atoms with Crippen LogP contribution < -0.4 is 20.7 Å². The Bertz CT molecular complexity index is 1110. The van der Waals surface area contributed by atoms with Gasteiger partial charge in [-0.05, 0) is 66.8 Å². The van der Waals surface area contributed by atoms with E-state index in [0.717, 1.165) is 0 Å². The summed E-state index contributed by atoms with van der Waals surface area (Å²) in [4.78, 5) is 24.3. The third kappa shape index (κ3) is 6.96. The summed E-state index contributed by atoms with van der Waals surface area (Å²) in [5.41, 5.74) is 1.69. The van der Waals surface area contributed by atoms with Crippen LogP contribution in [0.1, 0.15) is 10.4 Å². The van der Waals surface area contributed by atoms with Crippen molar-refractivity contribution in [3.8, 4) is 5.75 Å². The molecule has 6 nitrogen and oxygen atoms in total. The SMILES string of the molecule is O=C(COc1ccccc1Cl)NC(=S)Nc1ccc(NC(=O)c2cccc(Cl)c2)cc1. The van der Waals surface area contributed by atoms with E-state index in [0.29, 0.717) is 32.7 Å². The summed E-state index contributed by atoms with van der Waals surface area (Å²) in [7, 11) is 0. The highest BCUT2D eigenvalue weighted by Gasteiger charge is 2.09. The fourth-order valence-corrected chi connectivity index (χ4v) is 3.11. The van der Waals surface area contributed by atoms with Gasteiger partial charge in [-0.3, -0.25) is 14.9 Å². The van der Waals surface area contributed by atoms with Crippen LogP contribution in [0.25, 0.3) is 0 Å². The normalized spacial score (nSPS) is 10.1. The van der Waals surface area contributed by atoms with Gasteiger partial charge in [0, 0.05) is 22.0 Å². The van der Waals surface area contributed by atoms with Crippen LogP contribution in [0, 0.1) is 0 Å². The molecule has 0 aliphatic heterocycles. The zero-order valence-electron chi connectivity index (χ0n) is 16.0. The van der Waals surface area contributed by atoms with E-state index < -0.39 is 5.91 Å². The van der Waals surface area contributed by atoms with Crippen molar-refractivity contribution in [1.82, 2.24) is 5.32 Å². The first-order valence-electron chi connectivity index (χ1n) is 9.06. The first kappa shape index (κ1) is 22.6. The number of hydrogen-bond donors (Lipinski definition) is 3. The van der Waals surface area contributed by atoms with E-state index in [4.69, 9.17) is 40.2 Å². The lowest BCUT2D eigenvalue weighted by molar-refractivity contribution is -0.121. The molecule has 0 aromatic heterocycles. The number of amides is 2. The third-order valence-electron chi connectivity index (χ3n) is 3.94. The van der Waals surface area contributed by atoms with Gasteiger partial charge in [0.1, 0.15) is 5.75 Å². The minimum absolute atomic E-state index is 0.114. The second kappa shape index (κ2) is 10.8. The lowest BCUT2D eigenvalue weighted by atomic mass is 10.2. The minimum Gasteiger partial charge on any atom is -0.482 e. The number of rotatable bonds is 6. The van der Waals surface area contributed by atoms with Crippen LogP contribution >= 0.6 is 35.4 Å². The molecule has 0 atom stereocenters. The Morgan fingerprint density at radius 2 is 1.55 bits per heavy atom. The zero-order chi connectivity index (χ0) is 22.2. The average molecular weight is 474 g/mol. The fraction of sp³-hybridized carbons (Fsp3) is 0.0455. The molecular weight excluding hydrogens is 457 g/mol. The minimum atomic E-state index is -0.428. The van der Waals surface area contributed by atoms with Crippen LogP contribution in [0.2, 0.25) is 10.0 Å². The molecule has 0 unspecified atom stereocenters. The van der Waals surface area contributed by atoms with Crippen LogP contribution in [0.4, 0.5) is 11.4 Å². The highest BCUT2D eigenvalue weighted by Crippen LogP contribution is 2.22. The van der Waals surface area contributed by atoms with Crippen LogP contribution in [0.15, 0.2) is 72.8 Å². The van der Waals surface area contributed by atoms with Gasteiger partial charge < -0.3 is 15.4 Å². The molecule has 2 amide bonds. The van der Waals surface area contributed by atoms with Crippen LogP contribution in [-0.4, -0.2) is 23.5 Å². The number of ether oxygens (including phenoxy) is 1. The van der Waals surface area contributed by atoms with Gasteiger partial charge in [0.25, 0.3) is 11.8 Å². The summed E-state index contributed by atoms with van der Waals surface area (Å²) in [5.74, 6) is -0.291. The van der Waals surface area contributed by atoms with Gasteiger partial charge in [-0.2, -0.15) is 0 Å². The number of carbonyl (C=O) groups excluding carboxylic acids is 2. The maximum Gasteiger partial charge on any atom is 0.264 e. The van der Waals surface area contributed by atoms with Crippen molar-refractivity contribution >= 4 is 63.7 Å². The summed E-state index contributed by atoms with van der Waals surface area (Å²) in [6.07, 6.45) is 0. The van der Waals surface area contributed by atoms with Gasteiger partial charge in [0.05, 0.1) is 5.02 Å². The van der Waals surface area contributed by atoms with Crippen molar-refractivity contribution in [3.05, 3.63) is 88.4 Å². The zero-order valence-corrected chi connectivity index (χ0v) is 18.4. The van der Waals surface area contributed by atoms with Crippen molar-refractivity contribution in [2.24, 2.45) is 0 Å². The maximum atomic E-state index is 12.3. The van der Waals surface area contributed by atoms with Crippen molar-refractivity contribution < 1.29 is 14.3 Å². The number of para-hydroxylation sites is 1. The van der Waals surface area contributed by atoms with Gasteiger partial charge in [-0.1, -0.05) is 41.4 Å². The second-order valence-electron chi connectivity index (χ2n) is 6.26. The van der Waals surface area contributed by atoms with E-state index in [1.165, 1.54) is 0 Å². The fourth-order valence-electron chi connectivity index (χ4n) is 2.50. The molecule has 3 aromatic rings. The Balaban J connectivity index is 1.47. The van der Waals surface area contributed by atoms with Crippen LogP contribution in [0.3, 0.4) is 0 Å². The standard InChI is InChI=1S/C22H17Cl2N3O3S/c23-15-5-3-4-14(12-15)21(29)25-16-8-10-17(11-9-16)26-22(31)27-20(28)13-30-19-7-2-1-6-18(19)24/h1-12H,13H2,(H,25,29)(H2,26,27,28,31). The van der Waals surface area contributed by atoms with Crippen molar-refractivity contribution in [2.45, 2.75) is 0 Å². The summed E-state index contributed by atoms with van der Waals surface area (Å²) in [6.45, 7) is -0.236. The third-order valence-corrected chi connectivity index (χ3v) is 4.69. The van der Waals surface area contributed by atoms with Crippen molar-refractivity contribution in [1.29, 1.82) is 0 Å². The molecule has 31 heavy (non-hydrogen) atoms. The highest BCUT2D eigenvalue weighted by molar-refractivity contribution is 7.80.